The Bertz CT molecular complexity index is 641. The first-order chi connectivity index (χ1) is 9.44. The SMILES string of the molecule is Cc1ccc(NC(=S)Nc2cc(Cl)cc(Cl)c2)cc1F. The molecule has 0 bridgehead atoms. The Hall–Kier alpha value is -1.36. The van der Waals surface area contributed by atoms with Crippen molar-refractivity contribution in [1.82, 2.24) is 0 Å². The molecule has 0 aliphatic rings. The van der Waals surface area contributed by atoms with Crippen LogP contribution in [0.4, 0.5) is 15.8 Å². The predicted molar refractivity (Wildman–Crippen MR) is 87.4 cm³/mol. The summed E-state index contributed by atoms with van der Waals surface area (Å²) < 4.78 is 13.4. The molecule has 0 aliphatic carbocycles. The van der Waals surface area contributed by atoms with Crippen molar-refractivity contribution in [2.24, 2.45) is 0 Å². The maximum absolute atomic E-state index is 13.4. The molecule has 2 nitrogen and oxygen atoms in total. The first kappa shape index (κ1) is 15.0. The fourth-order valence-electron chi connectivity index (χ4n) is 1.59. The zero-order valence-electron chi connectivity index (χ0n) is 10.5. The minimum absolute atomic E-state index is 0.288. The number of aryl methyl sites for hydroxylation is 1. The molecule has 0 heterocycles. The lowest BCUT2D eigenvalue weighted by molar-refractivity contribution is 0.619. The third kappa shape index (κ3) is 4.07. The van der Waals surface area contributed by atoms with E-state index < -0.39 is 0 Å². The van der Waals surface area contributed by atoms with Gasteiger partial charge in [0.1, 0.15) is 5.82 Å². The van der Waals surface area contributed by atoms with Crippen molar-refractivity contribution in [1.29, 1.82) is 0 Å². The molecule has 2 aromatic carbocycles. The Balaban J connectivity index is 2.06. The highest BCUT2D eigenvalue weighted by Crippen LogP contribution is 2.22. The molecule has 0 amide bonds. The number of thiocarbonyl (C=S) groups is 1. The van der Waals surface area contributed by atoms with Gasteiger partial charge in [0.15, 0.2) is 5.11 Å². The lowest BCUT2D eigenvalue weighted by Crippen LogP contribution is -2.19. The van der Waals surface area contributed by atoms with Gasteiger partial charge in [-0.15, -0.1) is 0 Å². The number of anilines is 2. The summed E-state index contributed by atoms with van der Waals surface area (Å²) in [7, 11) is 0. The van der Waals surface area contributed by atoms with Crippen molar-refractivity contribution in [3.05, 3.63) is 57.8 Å². The van der Waals surface area contributed by atoms with Gasteiger partial charge in [-0.05, 0) is 55.0 Å². The van der Waals surface area contributed by atoms with Gasteiger partial charge in [-0.3, -0.25) is 0 Å². The van der Waals surface area contributed by atoms with Crippen LogP contribution in [-0.2, 0) is 0 Å². The summed E-state index contributed by atoms with van der Waals surface area (Å²) in [5, 5.41) is 7.16. The smallest absolute Gasteiger partial charge is 0.175 e. The van der Waals surface area contributed by atoms with Crippen molar-refractivity contribution < 1.29 is 4.39 Å². The van der Waals surface area contributed by atoms with Crippen LogP contribution in [0.25, 0.3) is 0 Å². The summed E-state index contributed by atoms with van der Waals surface area (Å²) in [6.07, 6.45) is 0. The first-order valence-electron chi connectivity index (χ1n) is 5.74. The predicted octanol–water partition coefficient (Wildman–Crippen LogP) is 5.25. The van der Waals surface area contributed by atoms with E-state index in [-0.39, 0.29) is 5.82 Å². The normalized spacial score (nSPS) is 10.2. The lowest BCUT2D eigenvalue weighted by Gasteiger charge is -2.11. The summed E-state index contributed by atoms with van der Waals surface area (Å²) in [5.41, 5.74) is 1.81. The van der Waals surface area contributed by atoms with Gasteiger partial charge in [-0.25, -0.2) is 4.39 Å². The van der Waals surface area contributed by atoms with E-state index in [9.17, 15) is 4.39 Å². The third-order valence-electron chi connectivity index (χ3n) is 2.55. The highest BCUT2D eigenvalue weighted by molar-refractivity contribution is 7.80. The lowest BCUT2D eigenvalue weighted by atomic mass is 10.2. The molecule has 104 valence electrons. The third-order valence-corrected chi connectivity index (χ3v) is 3.19. The van der Waals surface area contributed by atoms with Gasteiger partial charge in [0.25, 0.3) is 0 Å². The molecule has 6 heteroatoms. The number of hydrogen-bond donors (Lipinski definition) is 2. The minimum atomic E-state index is -0.288. The minimum Gasteiger partial charge on any atom is -0.332 e. The second-order valence-electron chi connectivity index (χ2n) is 4.20. The van der Waals surface area contributed by atoms with E-state index >= 15 is 0 Å². The number of nitrogens with one attached hydrogen (secondary N) is 2. The molecule has 0 aliphatic heterocycles. The Morgan fingerprint density at radius 1 is 1.00 bits per heavy atom. The molecule has 2 aromatic rings. The Morgan fingerprint density at radius 2 is 1.60 bits per heavy atom. The van der Waals surface area contributed by atoms with Crippen molar-refractivity contribution in [2.45, 2.75) is 6.92 Å². The van der Waals surface area contributed by atoms with Crippen LogP contribution in [0.15, 0.2) is 36.4 Å². The van der Waals surface area contributed by atoms with Crippen LogP contribution in [-0.4, -0.2) is 5.11 Å². The Morgan fingerprint density at radius 3 is 2.20 bits per heavy atom. The molecule has 0 unspecified atom stereocenters. The molecule has 20 heavy (non-hydrogen) atoms. The summed E-state index contributed by atoms with van der Waals surface area (Å²) in [5.74, 6) is -0.288. The van der Waals surface area contributed by atoms with E-state index in [0.717, 1.165) is 0 Å². The number of benzene rings is 2. The van der Waals surface area contributed by atoms with Crippen LogP contribution in [0, 0.1) is 12.7 Å². The number of hydrogen-bond acceptors (Lipinski definition) is 1. The van der Waals surface area contributed by atoms with Crippen LogP contribution in [0.3, 0.4) is 0 Å². The number of halogens is 3. The fourth-order valence-corrected chi connectivity index (χ4v) is 2.35. The molecule has 0 spiro atoms. The van der Waals surface area contributed by atoms with Crippen molar-refractivity contribution in [3.63, 3.8) is 0 Å². The zero-order chi connectivity index (χ0) is 14.7. The molecule has 0 radical (unpaired) electrons. The van der Waals surface area contributed by atoms with E-state index in [0.29, 0.717) is 32.1 Å². The van der Waals surface area contributed by atoms with Crippen molar-refractivity contribution in [3.8, 4) is 0 Å². The average molecular weight is 329 g/mol. The second-order valence-corrected chi connectivity index (χ2v) is 5.48. The molecule has 0 fully saturated rings. The molecular formula is C14H11Cl2FN2S. The summed E-state index contributed by atoms with van der Waals surface area (Å²) in [6.45, 7) is 1.70. The van der Waals surface area contributed by atoms with Crippen molar-refractivity contribution >= 4 is 51.9 Å². The van der Waals surface area contributed by atoms with Crippen molar-refractivity contribution in [2.75, 3.05) is 10.6 Å². The van der Waals surface area contributed by atoms with E-state index in [1.165, 1.54) is 6.07 Å². The highest BCUT2D eigenvalue weighted by Gasteiger charge is 2.03. The van der Waals surface area contributed by atoms with Gasteiger partial charge in [0, 0.05) is 21.4 Å². The number of rotatable bonds is 2. The first-order valence-corrected chi connectivity index (χ1v) is 6.91. The van der Waals surface area contributed by atoms with Gasteiger partial charge < -0.3 is 10.6 Å². The maximum atomic E-state index is 13.4. The Kier molecular flexibility index (Phi) is 4.81. The standard InChI is InChI=1S/C14H11Cl2FN2S/c1-8-2-3-11(7-13(8)17)18-14(20)19-12-5-9(15)4-10(16)6-12/h2-7H,1H3,(H2,18,19,20). The second kappa shape index (κ2) is 6.39. The summed E-state index contributed by atoms with van der Waals surface area (Å²) in [6, 6.07) is 9.82. The maximum Gasteiger partial charge on any atom is 0.175 e. The van der Waals surface area contributed by atoms with E-state index in [4.69, 9.17) is 35.4 Å². The molecule has 0 aromatic heterocycles. The molecule has 2 N–H and O–H groups in total. The molecule has 2 rings (SSSR count). The topological polar surface area (TPSA) is 24.1 Å². The molecule has 0 atom stereocenters. The van der Waals surface area contributed by atoms with Crippen LogP contribution < -0.4 is 10.6 Å². The Labute approximate surface area is 131 Å². The van der Waals surface area contributed by atoms with E-state index in [1.54, 1.807) is 37.3 Å². The molecule has 0 saturated carbocycles. The van der Waals surface area contributed by atoms with Gasteiger partial charge >= 0.3 is 0 Å². The quantitative estimate of drug-likeness (QED) is 0.736. The summed E-state index contributed by atoms with van der Waals surface area (Å²) >= 11 is 16.9. The average Bonchev–Trinajstić information content (AvgIpc) is 2.32. The van der Waals surface area contributed by atoms with E-state index in [2.05, 4.69) is 10.6 Å². The highest BCUT2D eigenvalue weighted by atomic mass is 35.5. The van der Waals surface area contributed by atoms with Crippen LogP contribution in [0.2, 0.25) is 10.0 Å². The van der Waals surface area contributed by atoms with Gasteiger partial charge in [-0.2, -0.15) is 0 Å². The van der Waals surface area contributed by atoms with Gasteiger partial charge in [0.2, 0.25) is 0 Å². The molecule has 0 saturated heterocycles. The fraction of sp³-hybridized carbons (Fsp3) is 0.0714. The molecular weight excluding hydrogens is 318 g/mol. The monoisotopic (exact) mass is 328 g/mol. The largest absolute Gasteiger partial charge is 0.332 e. The van der Waals surface area contributed by atoms with Gasteiger partial charge in [0.05, 0.1) is 0 Å². The zero-order valence-corrected chi connectivity index (χ0v) is 12.8. The van der Waals surface area contributed by atoms with Crippen LogP contribution >= 0.6 is 35.4 Å². The van der Waals surface area contributed by atoms with E-state index in [1.807, 2.05) is 0 Å². The van der Waals surface area contributed by atoms with Gasteiger partial charge in [-0.1, -0.05) is 29.3 Å². The summed E-state index contributed by atoms with van der Waals surface area (Å²) in [4.78, 5) is 0. The van der Waals surface area contributed by atoms with Crippen LogP contribution in [0.5, 0.6) is 0 Å². The van der Waals surface area contributed by atoms with Crippen LogP contribution in [0.1, 0.15) is 5.56 Å².